The largest absolute Gasteiger partial charge is 0.493 e. The van der Waals surface area contributed by atoms with Gasteiger partial charge in [-0.1, -0.05) is 37.3 Å². The van der Waals surface area contributed by atoms with E-state index in [9.17, 15) is 0 Å². The van der Waals surface area contributed by atoms with Crippen LogP contribution >= 0.6 is 11.3 Å². The first-order chi connectivity index (χ1) is 13.2. The highest BCUT2D eigenvalue weighted by Crippen LogP contribution is 2.34. The zero-order chi connectivity index (χ0) is 19.1. The molecule has 0 fully saturated rings. The number of hydrogen-bond donors (Lipinski definition) is 1. The summed E-state index contributed by atoms with van der Waals surface area (Å²) in [5, 5.41) is 4.32. The van der Waals surface area contributed by atoms with Gasteiger partial charge < -0.3 is 14.8 Å². The number of anilines is 1. The van der Waals surface area contributed by atoms with Crippen molar-refractivity contribution >= 4 is 39.4 Å². The van der Waals surface area contributed by atoms with Crippen LogP contribution in [0, 0.1) is 0 Å². The van der Waals surface area contributed by atoms with Crippen LogP contribution in [-0.4, -0.2) is 25.7 Å². The lowest BCUT2D eigenvalue weighted by Crippen LogP contribution is -1.98. The topological polar surface area (TPSA) is 43.4 Å². The van der Waals surface area contributed by atoms with Crippen molar-refractivity contribution in [1.29, 1.82) is 0 Å². The highest BCUT2D eigenvalue weighted by molar-refractivity contribution is 7.19. The van der Waals surface area contributed by atoms with Gasteiger partial charge in [0.2, 0.25) is 0 Å². The number of benzene rings is 2. The Labute approximate surface area is 164 Å². The highest BCUT2D eigenvalue weighted by Gasteiger charge is 2.09. The molecule has 0 amide bonds. The molecule has 2 aromatic carbocycles. The molecule has 4 nitrogen and oxygen atoms in total. The first kappa shape index (κ1) is 19.0. The summed E-state index contributed by atoms with van der Waals surface area (Å²) < 4.78 is 11.8. The molecule has 1 N–H and O–H groups in total. The number of nitrogens with zero attached hydrogens (tertiary/aromatic N) is 1. The molecule has 0 saturated carbocycles. The average molecular weight is 381 g/mol. The lowest BCUT2D eigenvalue weighted by molar-refractivity contribution is 0.356. The van der Waals surface area contributed by atoms with Crippen molar-refractivity contribution in [3.05, 3.63) is 59.1 Å². The molecule has 0 aliphatic rings. The third-order valence-corrected chi connectivity index (χ3v) is 5.02. The number of ether oxygens (including phenoxy) is 2. The summed E-state index contributed by atoms with van der Waals surface area (Å²) in [6.07, 6.45) is 9.26. The Balaban J connectivity index is 1.67. The third-order valence-electron chi connectivity index (χ3n) is 4.04. The minimum atomic E-state index is 0.697. The summed E-state index contributed by atoms with van der Waals surface area (Å²) in [6, 6.07) is 12.3. The molecule has 1 heterocycles. The Morgan fingerprint density at radius 3 is 2.41 bits per heavy atom. The van der Waals surface area contributed by atoms with E-state index in [0.29, 0.717) is 5.75 Å². The van der Waals surface area contributed by atoms with Crippen LogP contribution in [0.5, 0.6) is 11.5 Å². The molecular formula is C22H24N2O2S. The second-order valence-electron chi connectivity index (χ2n) is 5.99. The van der Waals surface area contributed by atoms with Gasteiger partial charge in [-0.3, -0.25) is 0 Å². The number of rotatable bonds is 8. The number of thiazole rings is 1. The molecule has 1 aromatic heterocycles. The van der Waals surface area contributed by atoms with Gasteiger partial charge in [0.05, 0.1) is 24.4 Å². The number of hydrogen-bond acceptors (Lipinski definition) is 5. The van der Waals surface area contributed by atoms with Crippen LogP contribution in [0.15, 0.2) is 48.6 Å². The summed E-state index contributed by atoms with van der Waals surface area (Å²) in [7, 11) is 3.27. The van der Waals surface area contributed by atoms with Crippen molar-refractivity contribution in [3.63, 3.8) is 0 Å². The van der Waals surface area contributed by atoms with Crippen LogP contribution in [0.25, 0.3) is 22.4 Å². The molecule has 0 aliphatic carbocycles. The third kappa shape index (κ3) is 4.89. The van der Waals surface area contributed by atoms with Gasteiger partial charge in [-0.15, -0.1) is 11.3 Å². The Morgan fingerprint density at radius 2 is 1.70 bits per heavy atom. The predicted octanol–water partition coefficient (Wildman–Crippen LogP) is 5.86. The van der Waals surface area contributed by atoms with Crippen molar-refractivity contribution in [1.82, 2.24) is 4.98 Å². The van der Waals surface area contributed by atoms with Gasteiger partial charge in [0.25, 0.3) is 0 Å². The smallest absolute Gasteiger partial charge is 0.162 e. The lowest BCUT2D eigenvalue weighted by atomic mass is 10.2. The molecule has 140 valence electrons. The monoisotopic (exact) mass is 380 g/mol. The zero-order valence-electron chi connectivity index (χ0n) is 15.9. The molecule has 0 aliphatic heterocycles. The average Bonchev–Trinajstić information content (AvgIpc) is 3.11. The van der Waals surface area contributed by atoms with E-state index in [4.69, 9.17) is 9.47 Å². The standard InChI is InChI=1S/C22H24N2O2S/c1-4-13-23-17-11-9-16(10-12-17)7-5-6-8-22-24-18-14-19(25-2)20(26-3)15-21(18)27-22/h5-12,14-15,23H,4,13H2,1-3H3/b7-5+,8-6+. The van der Waals surface area contributed by atoms with E-state index in [2.05, 4.69) is 47.6 Å². The van der Waals surface area contributed by atoms with Gasteiger partial charge in [0.15, 0.2) is 11.5 Å². The maximum Gasteiger partial charge on any atom is 0.162 e. The summed E-state index contributed by atoms with van der Waals surface area (Å²) in [5.41, 5.74) is 3.24. The highest BCUT2D eigenvalue weighted by atomic mass is 32.1. The molecule has 0 bridgehead atoms. The molecule has 0 unspecified atom stereocenters. The molecule has 0 spiro atoms. The van der Waals surface area contributed by atoms with Gasteiger partial charge in [-0.05, 0) is 30.2 Å². The van der Waals surface area contributed by atoms with Gasteiger partial charge >= 0.3 is 0 Å². The van der Waals surface area contributed by atoms with Crippen molar-refractivity contribution < 1.29 is 9.47 Å². The molecule has 0 radical (unpaired) electrons. The van der Waals surface area contributed by atoms with E-state index in [1.54, 1.807) is 25.6 Å². The van der Waals surface area contributed by atoms with Crippen molar-refractivity contribution in [3.8, 4) is 11.5 Å². The summed E-state index contributed by atoms with van der Waals surface area (Å²) in [4.78, 5) is 4.64. The van der Waals surface area contributed by atoms with Gasteiger partial charge in [-0.25, -0.2) is 4.98 Å². The summed E-state index contributed by atoms with van der Waals surface area (Å²) in [6.45, 7) is 3.16. The van der Waals surface area contributed by atoms with Crippen molar-refractivity contribution in [2.75, 3.05) is 26.1 Å². The minimum Gasteiger partial charge on any atom is -0.493 e. The second kappa shape index (κ2) is 9.24. The Bertz CT molecular complexity index is 902. The van der Waals surface area contributed by atoms with Gasteiger partial charge in [-0.2, -0.15) is 0 Å². The maximum absolute atomic E-state index is 5.35. The lowest BCUT2D eigenvalue weighted by Gasteiger charge is -2.05. The van der Waals surface area contributed by atoms with E-state index in [1.165, 1.54) is 5.56 Å². The van der Waals surface area contributed by atoms with Gasteiger partial charge in [0, 0.05) is 24.4 Å². The molecule has 3 aromatic rings. The number of nitrogens with one attached hydrogen (secondary N) is 1. The maximum atomic E-state index is 5.35. The Morgan fingerprint density at radius 1 is 1.00 bits per heavy atom. The van der Waals surface area contributed by atoms with Crippen LogP contribution in [0.2, 0.25) is 0 Å². The van der Waals surface area contributed by atoms with Crippen LogP contribution in [-0.2, 0) is 0 Å². The molecule has 5 heteroatoms. The fourth-order valence-electron chi connectivity index (χ4n) is 2.63. The fraction of sp³-hybridized carbons (Fsp3) is 0.227. The van der Waals surface area contributed by atoms with Crippen LogP contribution in [0.1, 0.15) is 23.9 Å². The van der Waals surface area contributed by atoms with E-state index >= 15 is 0 Å². The van der Waals surface area contributed by atoms with Crippen molar-refractivity contribution in [2.45, 2.75) is 13.3 Å². The Hall–Kier alpha value is -2.79. The SMILES string of the molecule is CCCNc1ccc(/C=C/C=C/c2nc3cc(OC)c(OC)cc3s2)cc1. The Kier molecular flexibility index (Phi) is 6.49. The number of methoxy groups -OCH3 is 2. The molecule has 3 rings (SSSR count). The first-order valence-electron chi connectivity index (χ1n) is 8.94. The normalized spacial score (nSPS) is 11.5. The van der Waals surface area contributed by atoms with Crippen LogP contribution < -0.4 is 14.8 Å². The molecule has 27 heavy (non-hydrogen) atoms. The van der Waals surface area contributed by atoms with Crippen LogP contribution in [0.3, 0.4) is 0 Å². The second-order valence-corrected chi connectivity index (χ2v) is 7.06. The molecule has 0 saturated heterocycles. The van der Waals surface area contributed by atoms with E-state index in [0.717, 1.165) is 39.6 Å². The first-order valence-corrected chi connectivity index (χ1v) is 9.76. The van der Waals surface area contributed by atoms with E-state index in [-0.39, 0.29) is 0 Å². The predicted molar refractivity (Wildman–Crippen MR) is 116 cm³/mol. The number of allylic oxidation sites excluding steroid dienone is 2. The minimum absolute atomic E-state index is 0.697. The van der Waals surface area contributed by atoms with Crippen LogP contribution in [0.4, 0.5) is 5.69 Å². The zero-order valence-corrected chi connectivity index (χ0v) is 16.7. The summed E-state index contributed by atoms with van der Waals surface area (Å²) in [5.74, 6) is 1.42. The molecule has 0 atom stereocenters. The number of aromatic nitrogens is 1. The molecular weight excluding hydrogens is 356 g/mol. The fourth-order valence-corrected chi connectivity index (χ4v) is 3.52. The number of fused-ring (bicyclic) bond motifs is 1. The van der Waals surface area contributed by atoms with Crippen molar-refractivity contribution in [2.24, 2.45) is 0 Å². The van der Waals surface area contributed by atoms with E-state index in [1.807, 2.05) is 30.4 Å². The van der Waals surface area contributed by atoms with E-state index < -0.39 is 0 Å². The van der Waals surface area contributed by atoms with Gasteiger partial charge in [0.1, 0.15) is 5.01 Å². The quantitative estimate of drug-likeness (QED) is 0.497. The summed E-state index contributed by atoms with van der Waals surface area (Å²) >= 11 is 1.63.